The third-order valence-electron chi connectivity index (χ3n) is 19.5. The number of hydrogen-bond donors (Lipinski definition) is 11. The van der Waals surface area contributed by atoms with Gasteiger partial charge in [0.1, 0.15) is 98.7 Å². The van der Waals surface area contributed by atoms with Crippen molar-refractivity contribution in [1.82, 2.24) is 0 Å². The Morgan fingerprint density at radius 3 is 1.09 bits per heavy atom. The molecule has 588 valence electrons. The minimum atomic E-state index is -5.70. The average molecular weight is 1460 g/mol. The fraction of sp³-hybridized carbons (Fsp3) is 0.933. The first kappa shape index (κ1) is 91.9. The lowest BCUT2D eigenvalue weighted by molar-refractivity contribution is -0.360. The Morgan fingerprint density at radius 1 is 0.380 bits per heavy atom. The van der Waals surface area contributed by atoms with Crippen molar-refractivity contribution in [2.45, 2.75) is 420 Å². The van der Waals surface area contributed by atoms with Crippen molar-refractivity contribution < 1.29 is 117 Å². The van der Waals surface area contributed by atoms with E-state index >= 15 is 0 Å². The first-order valence-electron chi connectivity index (χ1n) is 39.5. The molecule has 0 aromatic heterocycles. The molecule has 3 aliphatic rings. The van der Waals surface area contributed by atoms with Crippen LogP contribution < -0.4 is 0 Å². The van der Waals surface area contributed by atoms with Crippen LogP contribution in [0.2, 0.25) is 0 Å². The Morgan fingerprint density at radius 2 is 0.700 bits per heavy atom. The number of aliphatic hydroxyl groups excluding tert-OH is 10. The van der Waals surface area contributed by atoms with E-state index in [0.717, 1.165) is 83.5 Å². The van der Waals surface area contributed by atoms with Crippen LogP contribution in [0.4, 0.5) is 0 Å². The number of phosphoric ester groups is 1. The summed E-state index contributed by atoms with van der Waals surface area (Å²) in [6.45, 7) is 3.46. The quantitative estimate of drug-likeness (QED) is 0.00886. The van der Waals surface area contributed by atoms with Gasteiger partial charge in [0.2, 0.25) is 0 Å². The normalized spacial score (nSPS) is 27.3. The fourth-order valence-corrected chi connectivity index (χ4v) is 14.1. The van der Waals surface area contributed by atoms with Gasteiger partial charge < -0.3 is 89.1 Å². The molecular formula is C75H139O24P. The van der Waals surface area contributed by atoms with Crippen LogP contribution in [0, 0.1) is 0 Å². The Labute approximate surface area is 599 Å². The molecule has 2 saturated heterocycles. The summed E-state index contributed by atoms with van der Waals surface area (Å²) in [5.74, 6) is -1.99. The van der Waals surface area contributed by atoms with Gasteiger partial charge in [-0.1, -0.05) is 264 Å². The van der Waals surface area contributed by atoms with Gasteiger partial charge in [0.25, 0.3) is 0 Å². The number of carbonyl (C=O) groups excluding carboxylic acids is 3. The first-order valence-corrected chi connectivity index (χ1v) is 41.0. The number of hydrogen-bond acceptors (Lipinski definition) is 23. The molecule has 1 saturated carbocycles. The lowest BCUT2D eigenvalue weighted by atomic mass is 9.84. The highest BCUT2D eigenvalue weighted by Crippen LogP contribution is 2.49. The summed E-state index contributed by atoms with van der Waals surface area (Å²) in [6, 6.07) is 0. The molecule has 0 aromatic carbocycles. The Balaban J connectivity index is 1.71. The van der Waals surface area contributed by atoms with Crippen LogP contribution in [0.5, 0.6) is 0 Å². The lowest BCUT2D eigenvalue weighted by Gasteiger charge is -2.49. The van der Waals surface area contributed by atoms with Gasteiger partial charge in [0.15, 0.2) is 18.7 Å². The van der Waals surface area contributed by atoms with E-state index in [0.29, 0.717) is 25.7 Å². The minimum absolute atomic E-state index is 0.0320. The molecule has 1 aliphatic carbocycles. The van der Waals surface area contributed by atoms with Crippen LogP contribution in [0.25, 0.3) is 0 Å². The number of unbranched alkanes of at least 4 members (excludes halogenated alkanes) is 39. The highest BCUT2D eigenvalue weighted by Gasteiger charge is 2.58. The smallest absolute Gasteiger partial charge is 0.463 e. The number of rotatable bonds is 62. The van der Waals surface area contributed by atoms with Gasteiger partial charge in [-0.3, -0.25) is 23.4 Å². The zero-order chi connectivity index (χ0) is 73.2. The maximum atomic E-state index is 14.4. The molecule has 11 N–H and O–H groups in total. The molecule has 0 amide bonds. The molecule has 0 aromatic rings. The van der Waals surface area contributed by atoms with Gasteiger partial charge in [-0.25, -0.2) is 4.57 Å². The highest BCUT2D eigenvalue weighted by atomic mass is 31.2. The Kier molecular flexibility index (Phi) is 52.3. The molecule has 100 heavy (non-hydrogen) atoms. The molecule has 18 atom stereocenters. The van der Waals surface area contributed by atoms with Crippen LogP contribution in [0.3, 0.4) is 0 Å². The molecule has 3 rings (SSSR count). The summed E-state index contributed by atoms with van der Waals surface area (Å²) in [5.41, 5.74) is 0. The zero-order valence-corrected chi connectivity index (χ0v) is 62.4. The second-order valence-corrected chi connectivity index (χ2v) is 29.8. The van der Waals surface area contributed by atoms with Gasteiger partial charge in [0, 0.05) is 19.3 Å². The van der Waals surface area contributed by atoms with E-state index in [1.54, 1.807) is 0 Å². The molecule has 0 radical (unpaired) electrons. The van der Waals surface area contributed by atoms with E-state index in [2.05, 4.69) is 32.9 Å². The van der Waals surface area contributed by atoms with Crippen molar-refractivity contribution in [2.24, 2.45) is 0 Å². The van der Waals surface area contributed by atoms with E-state index in [4.69, 9.17) is 42.2 Å². The summed E-state index contributed by atoms with van der Waals surface area (Å²) in [7, 11) is -5.70. The molecular weight excluding hydrogens is 1320 g/mol. The maximum absolute atomic E-state index is 14.4. The zero-order valence-electron chi connectivity index (χ0n) is 61.5. The average Bonchev–Trinajstić information content (AvgIpc) is 0.762. The first-order chi connectivity index (χ1) is 48.3. The van der Waals surface area contributed by atoms with Crippen LogP contribution in [-0.4, -0.2) is 204 Å². The van der Waals surface area contributed by atoms with Gasteiger partial charge in [-0.15, -0.1) is 0 Å². The van der Waals surface area contributed by atoms with Crippen LogP contribution in [-0.2, 0) is 61.2 Å². The van der Waals surface area contributed by atoms with Crippen molar-refractivity contribution in [2.75, 3.05) is 26.4 Å². The predicted octanol–water partition coefficient (Wildman–Crippen LogP) is 11.5. The Bertz CT molecular complexity index is 2110. The SMILES string of the molecule is CCCCCCCCC/C=C\CCCCCC(=O)OC(COC(=O)CCCCCCCCCCCCCCCCCCC)COP(=O)(O)OC1C(OC2OC(CO)C(O)C(O)C2O)C(O)C(O)C(O)C1OC1OC(COC(=O)CCCCCCCCCCCCCCCC)C(O)C(O)C1O. The number of esters is 3. The molecule has 3 fully saturated rings. The van der Waals surface area contributed by atoms with E-state index in [9.17, 15) is 74.9 Å². The Hall–Kier alpha value is -2.30. The van der Waals surface area contributed by atoms with Crippen molar-refractivity contribution in [3.63, 3.8) is 0 Å². The van der Waals surface area contributed by atoms with Gasteiger partial charge in [-0.2, -0.15) is 0 Å². The summed E-state index contributed by atoms with van der Waals surface area (Å²) < 4.78 is 65.1. The van der Waals surface area contributed by atoms with E-state index in [-0.39, 0.29) is 19.3 Å². The molecule has 25 heteroatoms. The summed E-state index contributed by atoms with van der Waals surface area (Å²) in [4.78, 5) is 51.1. The monoisotopic (exact) mass is 1450 g/mol. The van der Waals surface area contributed by atoms with Crippen LogP contribution >= 0.6 is 7.82 Å². The van der Waals surface area contributed by atoms with Crippen molar-refractivity contribution in [3.05, 3.63) is 12.2 Å². The third kappa shape index (κ3) is 39.3. The second-order valence-electron chi connectivity index (χ2n) is 28.4. The van der Waals surface area contributed by atoms with Gasteiger partial charge in [-0.05, 0) is 44.9 Å². The highest BCUT2D eigenvalue weighted by molar-refractivity contribution is 7.47. The number of phosphoric acid groups is 1. The minimum Gasteiger partial charge on any atom is -0.463 e. The lowest BCUT2D eigenvalue weighted by Crippen LogP contribution is -2.69. The maximum Gasteiger partial charge on any atom is 0.472 e. The molecule has 0 bridgehead atoms. The van der Waals surface area contributed by atoms with E-state index < -0.39 is 156 Å². The number of aliphatic hydroxyl groups is 10. The van der Waals surface area contributed by atoms with Crippen molar-refractivity contribution in [1.29, 1.82) is 0 Å². The molecule has 24 nitrogen and oxygen atoms in total. The fourth-order valence-electron chi connectivity index (χ4n) is 13.1. The largest absolute Gasteiger partial charge is 0.472 e. The molecule has 2 heterocycles. The summed E-state index contributed by atoms with van der Waals surface area (Å²) >= 11 is 0. The van der Waals surface area contributed by atoms with Crippen LogP contribution in [0.1, 0.15) is 316 Å². The van der Waals surface area contributed by atoms with E-state index in [1.807, 2.05) is 0 Å². The topological polar surface area (TPSA) is 374 Å². The number of allylic oxidation sites excluding steroid dienone is 2. The molecule has 18 unspecified atom stereocenters. The number of ether oxygens (including phenoxy) is 7. The third-order valence-corrected chi connectivity index (χ3v) is 20.5. The summed E-state index contributed by atoms with van der Waals surface area (Å²) in [6.07, 6.45) is 16.9. The van der Waals surface area contributed by atoms with Crippen molar-refractivity contribution >= 4 is 25.7 Å². The van der Waals surface area contributed by atoms with Gasteiger partial charge >= 0.3 is 25.7 Å². The molecule has 2 aliphatic heterocycles. The summed E-state index contributed by atoms with van der Waals surface area (Å²) in [5, 5.41) is 110. The second kappa shape index (κ2) is 57.0. The standard InChI is InChI=1S/C75H139O24P/c1-4-7-10-13-16-19-22-25-28-29-30-33-35-37-40-43-46-49-59(77)91-53-56(94-61(79)51-48-45-42-39-36-32-27-24-21-18-15-12-9-6-3)54-93-100(89,90)99-73-71(97-74-69(87)64(82)62(80)57(52-76)95-74)67(85)66(84)68(86)72(73)98-75-70(88)65(83)63(81)58(96-75)55-92-60(78)50-47-44-41-38-34-31-26-23-20-17-14-11-8-5-2/h32,36,56-58,62-76,80-88H,4-31,33-35,37-55H2,1-3H3,(H,89,90)/b36-32-. The van der Waals surface area contributed by atoms with Crippen molar-refractivity contribution in [3.8, 4) is 0 Å². The van der Waals surface area contributed by atoms with Gasteiger partial charge in [0.05, 0.1) is 13.2 Å². The molecule has 0 spiro atoms. The number of carbonyl (C=O) groups is 3. The van der Waals surface area contributed by atoms with E-state index in [1.165, 1.54) is 167 Å². The predicted molar refractivity (Wildman–Crippen MR) is 379 cm³/mol. The van der Waals surface area contributed by atoms with Crippen LogP contribution in [0.15, 0.2) is 12.2 Å².